The van der Waals surface area contributed by atoms with Gasteiger partial charge in [-0.15, -0.1) is 0 Å². The van der Waals surface area contributed by atoms with Crippen molar-refractivity contribution in [3.63, 3.8) is 0 Å². The second-order valence-corrected chi connectivity index (χ2v) is 6.78. The Kier molecular flexibility index (Phi) is 5.92. The molecule has 0 aromatic heterocycles. The van der Waals surface area contributed by atoms with Crippen LogP contribution in [0, 0.1) is 13.8 Å². The number of hydrogen-bond acceptors (Lipinski definition) is 2. The lowest BCUT2D eigenvalue weighted by Gasteiger charge is -2.20. The van der Waals surface area contributed by atoms with Crippen LogP contribution in [0.25, 0.3) is 0 Å². The average molecular weight is 359 g/mol. The third-order valence-electron chi connectivity index (χ3n) is 4.82. The summed E-state index contributed by atoms with van der Waals surface area (Å²) in [5, 5.41) is 3.19. The van der Waals surface area contributed by atoms with E-state index >= 15 is 0 Å². The molecule has 27 heavy (non-hydrogen) atoms. The van der Waals surface area contributed by atoms with Crippen molar-refractivity contribution in [2.24, 2.45) is 0 Å². The maximum absolute atomic E-state index is 12.8. The molecule has 3 nitrogen and oxygen atoms in total. The van der Waals surface area contributed by atoms with E-state index in [0.717, 1.165) is 22.4 Å². The quantitative estimate of drug-likeness (QED) is 0.689. The number of amides is 1. The van der Waals surface area contributed by atoms with Crippen LogP contribution in [-0.4, -0.2) is 13.0 Å². The summed E-state index contributed by atoms with van der Waals surface area (Å²) in [6, 6.07) is 23.8. The Morgan fingerprint density at radius 1 is 0.889 bits per heavy atom. The number of carbonyl (C=O) groups is 1. The van der Waals surface area contributed by atoms with Gasteiger partial charge in [-0.3, -0.25) is 4.79 Å². The molecule has 1 amide bonds. The zero-order chi connectivity index (χ0) is 19.2. The molecule has 1 atom stereocenters. The fraction of sp³-hybridized carbons (Fsp3) is 0.208. The highest BCUT2D eigenvalue weighted by molar-refractivity contribution is 5.79. The number of nitrogens with one attached hydrogen (secondary N) is 1. The third-order valence-corrected chi connectivity index (χ3v) is 4.82. The van der Waals surface area contributed by atoms with Crippen molar-refractivity contribution < 1.29 is 9.53 Å². The first-order chi connectivity index (χ1) is 13.1. The van der Waals surface area contributed by atoms with Gasteiger partial charge < -0.3 is 10.1 Å². The molecule has 3 aromatic carbocycles. The molecule has 0 spiro atoms. The van der Waals surface area contributed by atoms with E-state index in [0.29, 0.717) is 6.42 Å². The fourth-order valence-electron chi connectivity index (χ4n) is 3.11. The number of methoxy groups -OCH3 is 1. The summed E-state index contributed by atoms with van der Waals surface area (Å²) in [6.45, 7) is 4.15. The minimum absolute atomic E-state index is 0.00271. The Morgan fingerprint density at radius 3 is 2.19 bits per heavy atom. The number of carbonyl (C=O) groups excluding carboxylic acids is 1. The first-order valence-electron chi connectivity index (χ1n) is 9.11. The second-order valence-electron chi connectivity index (χ2n) is 6.78. The van der Waals surface area contributed by atoms with Crippen molar-refractivity contribution in [3.05, 3.63) is 101 Å². The fourth-order valence-corrected chi connectivity index (χ4v) is 3.11. The molecular weight excluding hydrogens is 334 g/mol. The van der Waals surface area contributed by atoms with Gasteiger partial charge in [0.15, 0.2) is 0 Å². The van der Waals surface area contributed by atoms with Gasteiger partial charge >= 0.3 is 0 Å². The number of hydrogen-bond donors (Lipinski definition) is 1. The van der Waals surface area contributed by atoms with E-state index in [-0.39, 0.29) is 11.9 Å². The van der Waals surface area contributed by atoms with Crippen molar-refractivity contribution >= 4 is 5.91 Å². The van der Waals surface area contributed by atoms with Gasteiger partial charge in [0.25, 0.3) is 0 Å². The van der Waals surface area contributed by atoms with Crippen molar-refractivity contribution in [1.29, 1.82) is 0 Å². The summed E-state index contributed by atoms with van der Waals surface area (Å²) < 4.78 is 5.25. The minimum atomic E-state index is -0.198. The van der Waals surface area contributed by atoms with E-state index in [1.165, 1.54) is 11.1 Å². The second kappa shape index (κ2) is 8.54. The van der Waals surface area contributed by atoms with Gasteiger partial charge in [0, 0.05) is 0 Å². The predicted molar refractivity (Wildman–Crippen MR) is 109 cm³/mol. The molecule has 0 aliphatic heterocycles. The molecule has 3 rings (SSSR count). The van der Waals surface area contributed by atoms with E-state index in [1.807, 2.05) is 60.7 Å². The van der Waals surface area contributed by atoms with Gasteiger partial charge in [-0.25, -0.2) is 0 Å². The van der Waals surface area contributed by atoms with Crippen LogP contribution in [-0.2, 0) is 11.2 Å². The molecule has 0 aliphatic rings. The molecule has 0 heterocycles. The molecule has 0 aliphatic carbocycles. The lowest BCUT2D eigenvalue weighted by Crippen LogP contribution is -2.30. The summed E-state index contributed by atoms with van der Waals surface area (Å²) in [4.78, 5) is 12.8. The van der Waals surface area contributed by atoms with Gasteiger partial charge in [-0.2, -0.15) is 0 Å². The van der Waals surface area contributed by atoms with Crippen LogP contribution in [0.2, 0.25) is 0 Å². The topological polar surface area (TPSA) is 38.3 Å². The molecule has 3 heteroatoms. The average Bonchev–Trinajstić information content (AvgIpc) is 2.70. The van der Waals surface area contributed by atoms with Gasteiger partial charge in [0.1, 0.15) is 5.75 Å². The van der Waals surface area contributed by atoms with Gasteiger partial charge in [-0.05, 0) is 53.8 Å². The lowest BCUT2D eigenvalue weighted by molar-refractivity contribution is -0.120. The number of aryl methyl sites for hydroxylation is 2. The van der Waals surface area contributed by atoms with Gasteiger partial charge in [0.05, 0.1) is 19.6 Å². The Balaban J connectivity index is 1.82. The van der Waals surface area contributed by atoms with E-state index in [9.17, 15) is 4.79 Å². The number of rotatable bonds is 6. The molecular formula is C24H25NO2. The Hall–Kier alpha value is -3.07. The van der Waals surface area contributed by atoms with E-state index in [4.69, 9.17) is 4.74 Å². The molecule has 3 aromatic rings. The van der Waals surface area contributed by atoms with E-state index in [1.54, 1.807) is 7.11 Å². The van der Waals surface area contributed by atoms with E-state index < -0.39 is 0 Å². The SMILES string of the molecule is COc1ccc([C@@H](NC(=O)Cc2ccc(C)c(C)c2)c2ccccc2)cc1. The van der Waals surface area contributed by atoms with E-state index in [2.05, 4.69) is 31.3 Å². The number of ether oxygens (including phenoxy) is 1. The Labute approximate surface area is 161 Å². The normalized spacial score (nSPS) is 11.7. The molecule has 138 valence electrons. The van der Waals surface area contributed by atoms with Gasteiger partial charge in [-0.1, -0.05) is 60.7 Å². The predicted octanol–water partition coefficient (Wildman–Crippen LogP) is 4.76. The van der Waals surface area contributed by atoms with Crippen molar-refractivity contribution in [2.75, 3.05) is 7.11 Å². The summed E-state index contributed by atoms with van der Waals surface area (Å²) in [5.74, 6) is 0.801. The molecule has 0 saturated carbocycles. The van der Waals surface area contributed by atoms with Gasteiger partial charge in [0.2, 0.25) is 5.91 Å². The van der Waals surface area contributed by atoms with Crippen LogP contribution in [0.1, 0.15) is 33.9 Å². The van der Waals surface area contributed by atoms with Crippen molar-refractivity contribution in [3.8, 4) is 5.75 Å². The highest BCUT2D eigenvalue weighted by Gasteiger charge is 2.17. The summed E-state index contributed by atoms with van der Waals surface area (Å²) >= 11 is 0. The first-order valence-corrected chi connectivity index (χ1v) is 9.11. The van der Waals surface area contributed by atoms with Crippen LogP contribution < -0.4 is 10.1 Å². The zero-order valence-electron chi connectivity index (χ0n) is 16.0. The third kappa shape index (κ3) is 4.76. The first kappa shape index (κ1) is 18.7. The van der Waals surface area contributed by atoms with Crippen LogP contribution in [0.15, 0.2) is 72.8 Å². The zero-order valence-corrected chi connectivity index (χ0v) is 16.0. The van der Waals surface area contributed by atoms with Crippen LogP contribution in [0.3, 0.4) is 0 Å². The largest absolute Gasteiger partial charge is 0.497 e. The Morgan fingerprint density at radius 2 is 1.56 bits per heavy atom. The maximum Gasteiger partial charge on any atom is 0.225 e. The number of benzene rings is 3. The van der Waals surface area contributed by atoms with Crippen LogP contribution >= 0.6 is 0 Å². The summed E-state index contributed by atoms with van der Waals surface area (Å²) in [5.41, 5.74) is 5.54. The monoisotopic (exact) mass is 359 g/mol. The molecule has 0 unspecified atom stereocenters. The van der Waals surface area contributed by atoms with Crippen molar-refractivity contribution in [1.82, 2.24) is 5.32 Å². The Bertz CT molecular complexity index is 901. The maximum atomic E-state index is 12.8. The molecule has 0 saturated heterocycles. The summed E-state index contributed by atoms with van der Waals surface area (Å²) in [6.07, 6.45) is 0.362. The highest BCUT2D eigenvalue weighted by atomic mass is 16.5. The molecule has 1 N–H and O–H groups in total. The smallest absolute Gasteiger partial charge is 0.225 e. The standard InChI is InChI=1S/C24H25NO2/c1-17-9-10-19(15-18(17)2)16-23(26)25-24(20-7-5-4-6-8-20)21-11-13-22(27-3)14-12-21/h4-15,24H,16H2,1-3H3,(H,25,26)/t24-/m0/s1. The minimum Gasteiger partial charge on any atom is -0.497 e. The van der Waals surface area contributed by atoms with Crippen LogP contribution in [0.4, 0.5) is 0 Å². The molecule has 0 radical (unpaired) electrons. The van der Waals surface area contributed by atoms with Crippen LogP contribution in [0.5, 0.6) is 5.75 Å². The molecule has 0 fully saturated rings. The summed E-state index contributed by atoms with van der Waals surface area (Å²) in [7, 11) is 1.65. The highest BCUT2D eigenvalue weighted by Crippen LogP contribution is 2.24. The molecule has 0 bridgehead atoms. The van der Waals surface area contributed by atoms with Crippen molar-refractivity contribution in [2.45, 2.75) is 26.3 Å². The lowest BCUT2D eigenvalue weighted by atomic mass is 9.98.